The van der Waals surface area contributed by atoms with Crippen LogP contribution in [0.15, 0.2) is 0 Å². The third-order valence-corrected chi connectivity index (χ3v) is 2.98. The highest BCUT2D eigenvalue weighted by Crippen LogP contribution is 2.37. The maximum Gasteiger partial charge on any atom is 0.0505 e. The number of hydrogen-bond acceptors (Lipinski definition) is 2. The molecule has 1 N–H and O–H groups in total. The van der Waals surface area contributed by atoms with Crippen molar-refractivity contribution < 1.29 is 0 Å². The minimum atomic E-state index is 0.391. The van der Waals surface area contributed by atoms with Gasteiger partial charge in [0.1, 0.15) is 0 Å². The van der Waals surface area contributed by atoms with E-state index in [9.17, 15) is 0 Å². The van der Waals surface area contributed by atoms with Crippen LogP contribution in [0.5, 0.6) is 0 Å². The number of fused-ring (bicyclic) bond motifs is 2. The molecule has 3 aliphatic rings. The predicted octanol–water partition coefficient (Wildman–Crippen LogP) is 0.604. The summed E-state index contributed by atoms with van der Waals surface area (Å²) in [6.45, 7) is 9.13. The van der Waals surface area contributed by atoms with Crippen molar-refractivity contribution >= 4 is 0 Å². The SMILES string of the molecule is C[C]1CNC2CN1C2(C)C. The second-order valence-electron chi connectivity index (χ2n) is 3.93. The highest BCUT2D eigenvalue weighted by molar-refractivity contribution is 5.16. The molecule has 0 aromatic carbocycles. The monoisotopic (exact) mass is 139 g/mol. The summed E-state index contributed by atoms with van der Waals surface area (Å²) < 4.78 is 0. The zero-order valence-corrected chi connectivity index (χ0v) is 6.94. The largest absolute Gasteiger partial charge is 0.309 e. The molecule has 3 fully saturated rings. The second-order valence-corrected chi connectivity index (χ2v) is 3.93. The van der Waals surface area contributed by atoms with Gasteiger partial charge in [-0.25, -0.2) is 0 Å². The molecular formula is C8H15N2. The third kappa shape index (κ3) is 0.611. The summed E-state index contributed by atoms with van der Waals surface area (Å²) in [6.07, 6.45) is 0. The Hall–Kier alpha value is -0.0800. The van der Waals surface area contributed by atoms with Gasteiger partial charge in [0.05, 0.1) is 6.04 Å². The Morgan fingerprint density at radius 2 is 2.30 bits per heavy atom. The number of nitrogens with one attached hydrogen (secondary N) is 1. The van der Waals surface area contributed by atoms with Gasteiger partial charge in [-0.3, -0.25) is 4.90 Å². The van der Waals surface area contributed by atoms with Crippen LogP contribution in [0.1, 0.15) is 20.8 Å². The van der Waals surface area contributed by atoms with Gasteiger partial charge in [0.25, 0.3) is 0 Å². The van der Waals surface area contributed by atoms with Gasteiger partial charge < -0.3 is 5.32 Å². The molecular weight excluding hydrogens is 124 g/mol. The zero-order valence-electron chi connectivity index (χ0n) is 6.94. The van der Waals surface area contributed by atoms with Gasteiger partial charge in [-0.2, -0.15) is 0 Å². The van der Waals surface area contributed by atoms with Crippen molar-refractivity contribution in [3.05, 3.63) is 6.04 Å². The average molecular weight is 139 g/mol. The first kappa shape index (κ1) is 6.62. The zero-order chi connectivity index (χ0) is 7.35. The molecule has 1 radical (unpaired) electrons. The van der Waals surface area contributed by atoms with Crippen molar-refractivity contribution in [2.75, 3.05) is 13.1 Å². The van der Waals surface area contributed by atoms with Crippen LogP contribution >= 0.6 is 0 Å². The Bertz CT molecular complexity index is 151. The average Bonchev–Trinajstić information content (AvgIpc) is 1.87. The van der Waals surface area contributed by atoms with Gasteiger partial charge in [-0.05, 0) is 20.8 Å². The summed E-state index contributed by atoms with van der Waals surface area (Å²) >= 11 is 0. The Morgan fingerprint density at radius 3 is 2.60 bits per heavy atom. The Balaban J connectivity index is 2.16. The van der Waals surface area contributed by atoms with Gasteiger partial charge in [-0.1, -0.05) is 0 Å². The molecule has 3 aliphatic heterocycles. The van der Waals surface area contributed by atoms with Crippen LogP contribution in [0.25, 0.3) is 0 Å². The van der Waals surface area contributed by atoms with E-state index in [-0.39, 0.29) is 0 Å². The standard InChI is InChI=1S/C8H15N2/c1-6-4-9-7-5-10(6)8(7,2)3/h7,9H,4-5H2,1-3H3. The molecule has 3 rings (SSSR count). The number of rotatable bonds is 0. The minimum Gasteiger partial charge on any atom is -0.309 e. The maximum absolute atomic E-state index is 3.51. The molecule has 0 spiro atoms. The van der Waals surface area contributed by atoms with Crippen LogP contribution in [0.2, 0.25) is 0 Å². The lowest BCUT2D eigenvalue weighted by Gasteiger charge is -2.62. The number of piperazine rings is 2. The van der Waals surface area contributed by atoms with E-state index in [1.807, 2.05) is 0 Å². The van der Waals surface area contributed by atoms with E-state index in [2.05, 4.69) is 31.0 Å². The molecule has 0 aliphatic carbocycles. The molecule has 2 heteroatoms. The van der Waals surface area contributed by atoms with Crippen molar-refractivity contribution in [2.45, 2.75) is 32.4 Å². The fraction of sp³-hybridized carbons (Fsp3) is 0.875. The highest BCUT2D eigenvalue weighted by Gasteiger charge is 2.51. The van der Waals surface area contributed by atoms with Crippen molar-refractivity contribution in [1.29, 1.82) is 0 Å². The maximum atomic E-state index is 3.51. The topological polar surface area (TPSA) is 15.3 Å². The summed E-state index contributed by atoms with van der Waals surface area (Å²) in [4.78, 5) is 2.49. The lowest BCUT2D eigenvalue weighted by molar-refractivity contribution is -0.0509. The van der Waals surface area contributed by atoms with Crippen LogP contribution in [-0.4, -0.2) is 29.6 Å². The second kappa shape index (κ2) is 1.74. The minimum absolute atomic E-state index is 0.391. The van der Waals surface area contributed by atoms with E-state index in [1.165, 1.54) is 12.6 Å². The summed E-state index contributed by atoms with van der Waals surface area (Å²) in [5.74, 6) is 0. The van der Waals surface area contributed by atoms with Crippen molar-refractivity contribution in [3.63, 3.8) is 0 Å². The molecule has 0 aromatic heterocycles. The highest BCUT2D eigenvalue weighted by atomic mass is 15.4. The van der Waals surface area contributed by atoms with E-state index < -0.39 is 0 Å². The van der Waals surface area contributed by atoms with Crippen LogP contribution in [0, 0.1) is 6.04 Å². The molecule has 2 bridgehead atoms. The molecule has 57 valence electrons. The first-order chi connectivity index (χ1) is 4.62. The van der Waals surface area contributed by atoms with Crippen molar-refractivity contribution in [2.24, 2.45) is 0 Å². The predicted molar refractivity (Wildman–Crippen MR) is 41.5 cm³/mol. The summed E-state index contributed by atoms with van der Waals surface area (Å²) in [5, 5.41) is 3.51. The molecule has 2 unspecified atom stereocenters. The summed E-state index contributed by atoms with van der Waals surface area (Å²) in [7, 11) is 0. The number of nitrogens with zero attached hydrogens (tertiary/aromatic N) is 1. The van der Waals surface area contributed by atoms with Gasteiger partial charge in [0.2, 0.25) is 0 Å². The van der Waals surface area contributed by atoms with Crippen molar-refractivity contribution in [1.82, 2.24) is 10.2 Å². The Kier molecular flexibility index (Phi) is 1.15. The Labute approximate surface area is 62.6 Å². The fourth-order valence-electron chi connectivity index (χ4n) is 2.05. The lowest BCUT2D eigenvalue weighted by Crippen LogP contribution is -2.77. The van der Waals surface area contributed by atoms with E-state index in [1.54, 1.807) is 0 Å². The normalized spacial score (nSPS) is 44.7. The molecule has 10 heavy (non-hydrogen) atoms. The first-order valence-electron chi connectivity index (χ1n) is 3.96. The number of hydrogen-bond donors (Lipinski definition) is 1. The van der Waals surface area contributed by atoms with Gasteiger partial charge in [0, 0.05) is 24.7 Å². The quantitative estimate of drug-likeness (QED) is 0.529. The molecule has 0 saturated carbocycles. The van der Waals surface area contributed by atoms with Gasteiger partial charge >= 0.3 is 0 Å². The third-order valence-electron chi connectivity index (χ3n) is 2.98. The first-order valence-corrected chi connectivity index (χ1v) is 3.96. The van der Waals surface area contributed by atoms with Crippen LogP contribution in [-0.2, 0) is 0 Å². The molecule has 2 atom stereocenters. The van der Waals surface area contributed by atoms with Gasteiger partial charge in [-0.15, -0.1) is 0 Å². The van der Waals surface area contributed by atoms with E-state index in [0.29, 0.717) is 5.54 Å². The van der Waals surface area contributed by atoms with Crippen LogP contribution in [0.3, 0.4) is 0 Å². The van der Waals surface area contributed by atoms with E-state index in [4.69, 9.17) is 0 Å². The van der Waals surface area contributed by atoms with Gasteiger partial charge in [0.15, 0.2) is 0 Å². The van der Waals surface area contributed by atoms with E-state index in [0.717, 1.165) is 12.6 Å². The van der Waals surface area contributed by atoms with Crippen LogP contribution < -0.4 is 5.32 Å². The molecule has 2 nitrogen and oxygen atoms in total. The molecule has 0 aromatic rings. The lowest BCUT2D eigenvalue weighted by atomic mass is 9.79. The van der Waals surface area contributed by atoms with Crippen molar-refractivity contribution in [3.8, 4) is 0 Å². The molecule has 0 amide bonds. The summed E-state index contributed by atoms with van der Waals surface area (Å²) in [5.41, 5.74) is 0.391. The Morgan fingerprint density at radius 1 is 1.60 bits per heavy atom. The van der Waals surface area contributed by atoms with Crippen LogP contribution in [0.4, 0.5) is 0 Å². The smallest absolute Gasteiger partial charge is 0.0505 e. The summed E-state index contributed by atoms with van der Waals surface area (Å²) in [6, 6.07) is 2.23. The molecule has 3 heterocycles. The molecule has 3 saturated heterocycles. The fourth-order valence-corrected chi connectivity index (χ4v) is 2.05. The van der Waals surface area contributed by atoms with E-state index >= 15 is 0 Å².